The number of carbonyl (C=O) groups excluding carboxylic acids is 4. The highest BCUT2D eigenvalue weighted by atomic mass is 35.5. The Balaban J connectivity index is 0.841. The molecule has 1 aromatic heterocycles. The highest BCUT2D eigenvalue weighted by Gasteiger charge is 2.67. The van der Waals surface area contributed by atoms with E-state index < -0.39 is 35.4 Å². The standard InChI is InChI=1S/C54H65ClN6O7S/c1-32(35-17-19-36(20-18-35)45-33(2)57-31-69-45)58-47(64)43-26-38(62)29-60(43)49(66)46(52(3,4)5)59-44(63)30-67-24-14-12-11-13-15-34-16-22-40-37(25-34)28-61(48(40)65)50-53(6,7)51(54(50,8)9)68-39-21-23-42(56-10)41(55)27-39/h16-23,25,27,31-32,37-38,40,43,46,50-51,62H,11-12,14,24,26,28-30H2,1-9H3,(H,58,64)(H,59,63)/t32-,37?,38+,40?,43-,46+,50?,51?/m0/s1. The van der Waals surface area contributed by atoms with E-state index in [0.717, 1.165) is 33.7 Å². The Labute approximate surface area is 415 Å². The minimum absolute atomic E-state index is 0.0158. The third-order valence-electron chi connectivity index (χ3n) is 14.0. The number of likely N-dealkylation sites (tertiary alicyclic amines) is 2. The van der Waals surface area contributed by atoms with Crippen molar-refractivity contribution in [3.05, 3.63) is 99.5 Å². The normalized spacial score (nSPS) is 24.2. The van der Waals surface area contributed by atoms with E-state index in [1.807, 2.05) is 81.4 Å². The van der Waals surface area contributed by atoms with E-state index in [9.17, 15) is 24.3 Å². The molecule has 4 amide bonds. The van der Waals surface area contributed by atoms with Gasteiger partial charge in [-0.3, -0.25) is 19.2 Å². The molecule has 0 radical (unpaired) electrons. The van der Waals surface area contributed by atoms with Crippen LogP contribution >= 0.6 is 22.9 Å². The topological polar surface area (TPSA) is 155 Å². The molecule has 0 bridgehead atoms. The largest absolute Gasteiger partial charge is 0.489 e. The fraction of sp³-hybridized carbons (Fsp3) is 0.519. The summed E-state index contributed by atoms with van der Waals surface area (Å²) in [7, 11) is 0. The number of carbonyl (C=O) groups is 4. The van der Waals surface area contributed by atoms with Gasteiger partial charge in [0.2, 0.25) is 29.3 Å². The maximum Gasteiger partial charge on any atom is 0.246 e. The van der Waals surface area contributed by atoms with Crippen LogP contribution in [0.3, 0.4) is 0 Å². The molecule has 0 spiro atoms. The molecule has 4 aliphatic rings. The van der Waals surface area contributed by atoms with Crippen molar-refractivity contribution in [2.45, 2.75) is 124 Å². The molecular formula is C54H65ClN6O7S. The third-order valence-corrected chi connectivity index (χ3v) is 15.3. The predicted octanol–water partition coefficient (Wildman–Crippen LogP) is 8.64. The van der Waals surface area contributed by atoms with Crippen LogP contribution in [-0.4, -0.2) is 100 Å². The van der Waals surface area contributed by atoms with E-state index in [0.29, 0.717) is 42.5 Å². The van der Waals surface area contributed by atoms with Gasteiger partial charge in [0.25, 0.3) is 0 Å². The first-order valence-electron chi connectivity index (χ1n) is 23.8. The van der Waals surface area contributed by atoms with Gasteiger partial charge in [-0.1, -0.05) is 120 Å². The molecule has 2 aliphatic heterocycles. The number of rotatable bonds is 15. The van der Waals surface area contributed by atoms with Gasteiger partial charge in [0.1, 0.15) is 30.5 Å². The predicted molar refractivity (Wildman–Crippen MR) is 268 cm³/mol. The molecule has 366 valence electrons. The molecule has 2 aliphatic carbocycles. The SMILES string of the molecule is [C-]#[N+]c1ccc(OC2C(C)(C)C(N3CC4C=C(C#CCCCCOCC(=O)N[C@H](C(=O)N5C[C@H](O)C[C@H]5C(=O)N[C@@H](C)c5ccc(-c6scnc6C)cc5)C(C)(C)C)C=CC4C3=O)C2(C)C)cc1Cl. The second-order valence-electron chi connectivity index (χ2n) is 21.1. The van der Waals surface area contributed by atoms with Crippen LogP contribution in [0.5, 0.6) is 5.75 Å². The fourth-order valence-electron chi connectivity index (χ4n) is 11.0. The molecule has 2 unspecified atom stereocenters. The number of benzene rings is 2. The number of aliphatic hydroxyl groups excluding tert-OH is 1. The Hall–Kier alpha value is -5.51. The number of thiazole rings is 1. The summed E-state index contributed by atoms with van der Waals surface area (Å²) in [6.45, 7) is 25.9. The van der Waals surface area contributed by atoms with Gasteiger partial charge >= 0.3 is 0 Å². The lowest BCUT2D eigenvalue weighted by atomic mass is 9.49. The van der Waals surface area contributed by atoms with Gasteiger partial charge in [0, 0.05) is 60.9 Å². The molecule has 7 rings (SSSR count). The Morgan fingerprint density at radius 2 is 1.80 bits per heavy atom. The van der Waals surface area contributed by atoms with Crippen LogP contribution in [0.25, 0.3) is 15.3 Å². The second-order valence-corrected chi connectivity index (χ2v) is 22.4. The van der Waals surface area contributed by atoms with Crippen molar-refractivity contribution in [1.82, 2.24) is 25.4 Å². The van der Waals surface area contributed by atoms with E-state index in [1.165, 1.54) is 4.90 Å². The van der Waals surface area contributed by atoms with Crippen LogP contribution in [0.4, 0.5) is 5.69 Å². The van der Waals surface area contributed by atoms with Gasteiger partial charge in [-0.15, -0.1) is 11.3 Å². The van der Waals surface area contributed by atoms with Gasteiger partial charge in [0.15, 0.2) is 0 Å². The van der Waals surface area contributed by atoms with Gasteiger partial charge in [-0.2, -0.15) is 0 Å². The molecule has 1 saturated carbocycles. The lowest BCUT2D eigenvalue weighted by Gasteiger charge is -2.65. The zero-order valence-electron chi connectivity index (χ0n) is 41.1. The van der Waals surface area contributed by atoms with Crippen molar-refractivity contribution >= 4 is 52.3 Å². The Morgan fingerprint density at radius 3 is 2.45 bits per heavy atom. The summed E-state index contributed by atoms with van der Waals surface area (Å²) in [4.78, 5) is 67.0. The quantitative estimate of drug-likeness (QED) is 0.0778. The molecule has 3 fully saturated rings. The highest BCUT2D eigenvalue weighted by molar-refractivity contribution is 7.13. The number of nitrogens with one attached hydrogen (secondary N) is 2. The smallest absolute Gasteiger partial charge is 0.246 e. The maximum atomic E-state index is 14.1. The fourth-order valence-corrected chi connectivity index (χ4v) is 12.0. The average Bonchev–Trinajstić information content (AvgIpc) is 4.00. The number of halogens is 1. The molecule has 3 heterocycles. The number of amides is 4. The number of unbranched alkanes of at least 4 members (excludes halogenated alkanes) is 2. The number of nitrogens with zero attached hydrogens (tertiary/aromatic N) is 4. The van der Waals surface area contributed by atoms with Crippen LogP contribution in [0.1, 0.15) is 98.4 Å². The Kier molecular flexibility index (Phi) is 15.5. The van der Waals surface area contributed by atoms with Crippen molar-refractivity contribution in [3.8, 4) is 28.0 Å². The number of aliphatic hydroxyl groups is 1. The number of hydrogen-bond acceptors (Lipinski definition) is 9. The number of hydrogen-bond donors (Lipinski definition) is 3. The average molecular weight is 978 g/mol. The maximum absolute atomic E-state index is 14.1. The zero-order chi connectivity index (χ0) is 50.0. The lowest BCUT2D eigenvalue weighted by molar-refractivity contribution is -0.208. The molecule has 15 heteroatoms. The van der Waals surface area contributed by atoms with Crippen molar-refractivity contribution in [2.24, 2.45) is 28.1 Å². The summed E-state index contributed by atoms with van der Waals surface area (Å²) < 4.78 is 12.2. The molecular weight excluding hydrogens is 912 g/mol. The summed E-state index contributed by atoms with van der Waals surface area (Å²) >= 11 is 7.88. The van der Waals surface area contributed by atoms with E-state index in [4.69, 9.17) is 27.6 Å². The van der Waals surface area contributed by atoms with Crippen LogP contribution in [0, 0.1) is 53.4 Å². The molecule has 2 aromatic carbocycles. The van der Waals surface area contributed by atoms with Crippen LogP contribution in [0.15, 0.2) is 71.8 Å². The summed E-state index contributed by atoms with van der Waals surface area (Å²) in [5.41, 5.74) is 4.63. The van der Waals surface area contributed by atoms with Gasteiger partial charge in [-0.25, -0.2) is 9.83 Å². The number of aromatic nitrogens is 1. The number of fused-ring (bicyclic) bond motifs is 1. The first-order valence-corrected chi connectivity index (χ1v) is 25.1. The van der Waals surface area contributed by atoms with Crippen molar-refractivity contribution < 1.29 is 33.8 Å². The lowest BCUT2D eigenvalue weighted by Crippen LogP contribution is -2.75. The van der Waals surface area contributed by atoms with Crippen LogP contribution in [-0.2, 0) is 23.9 Å². The zero-order valence-corrected chi connectivity index (χ0v) is 42.7. The molecule has 2 saturated heterocycles. The molecule has 3 aromatic rings. The van der Waals surface area contributed by atoms with Crippen molar-refractivity contribution in [1.29, 1.82) is 0 Å². The number of β-amino-alcohol motifs (C(OH)–C–C–N with tert-alkyl or cyclic N) is 1. The minimum Gasteiger partial charge on any atom is -0.489 e. The number of allylic oxidation sites excluding steroid dienone is 2. The Bertz CT molecular complexity index is 2580. The van der Waals surface area contributed by atoms with Crippen LogP contribution in [0.2, 0.25) is 5.02 Å². The molecule has 6 atom stereocenters. The summed E-state index contributed by atoms with van der Waals surface area (Å²) in [6, 6.07) is 10.8. The third kappa shape index (κ3) is 11.1. The second kappa shape index (κ2) is 20.8. The number of aryl methyl sites for hydroxylation is 1. The minimum atomic E-state index is -0.959. The first-order chi connectivity index (χ1) is 32.6. The van der Waals surface area contributed by atoms with Crippen molar-refractivity contribution in [3.63, 3.8) is 0 Å². The highest BCUT2D eigenvalue weighted by Crippen LogP contribution is 2.59. The monoisotopic (exact) mass is 976 g/mol. The molecule has 69 heavy (non-hydrogen) atoms. The summed E-state index contributed by atoms with van der Waals surface area (Å²) in [5.74, 6) is 5.81. The Morgan fingerprint density at radius 1 is 1.07 bits per heavy atom. The molecule has 13 nitrogen and oxygen atoms in total. The van der Waals surface area contributed by atoms with E-state index in [1.54, 1.807) is 29.5 Å². The van der Waals surface area contributed by atoms with Gasteiger partial charge in [0.05, 0.1) is 45.7 Å². The first kappa shape index (κ1) is 51.3. The van der Waals surface area contributed by atoms with Gasteiger partial charge in [-0.05, 0) is 55.4 Å². The number of ether oxygens (including phenoxy) is 2. The summed E-state index contributed by atoms with van der Waals surface area (Å²) in [5, 5.41) is 16.9. The van der Waals surface area contributed by atoms with Crippen LogP contribution < -0.4 is 15.4 Å². The van der Waals surface area contributed by atoms with Gasteiger partial charge < -0.3 is 35.0 Å². The summed E-state index contributed by atoms with van der Waals surface area (Å²) in [6.07, 6.45) is 7.16. The van der Waals surface area contributed by atoms with E-state index >= 15 is 0 Å². The molecule has 3 N–H and O–H groups in total. The van der Waals surface area contributed by atoms with Crippen molar-refractivity contribution in [2.75, 3.05) is 26.3 Å². The van der Waals surface area contributed by atoms with E-state index in [-0.39, 0.29) is 72.2 Å². The van der Waals surface area contributed by atoms with E-state index in [2.05, 4.69) is 66.1 Å².